The molecule has 1 aliphatic heterocycles. The Bertz CT molecular complexity index is 656. The number of hydrogen-bond donors (Lipinski definition) is 2. The van der Waals surface area contributed by atoms with E-state index in [2.05, 4.69) is 21.4 Å². The maximum absolute atomic E-state index is 9.31. The molecule has 8 heteroatoms. The fraction of sp³-hybridized carbons (Fsp3) is 0.333. The summed E-state index contributed by atoms with van der Waals surface area (Å²) in [5.41, 5.74) is 12.3. The number of nitrogens with two attached hydrogens (primary N) is 2. The van der Waals surface area contributed by atoms with Crippen LogP contribution in [-0.4, -0.2) is 39.1 Å². The van der Waals surface area contributed by atoms with E-state index in [1.54, 1.807) is 18.3 Å². The van der Waals surface area contributed by atoms with Gasteiger partial charge in [0.15, 0.2) is 11.6 Å². The molecule has 4 N–H and O–H groups in total. The van der Waals surface area contributed by atoms with Gasteiger partial charge in [0.1, 0.15) is 17.5 Å². The first-order valence-corrected chi connectivity index (χ1v) is 6.28. The summed E-state index contributed by atoms with van der Waals surface area (Å²) in [5.74, 6) is 1.31. The van der Waals surface area contributed by atoms with Gasteiger partial charge >= 0.3 is 0 Å². The Hall–Kier alpha value is -2.66. The van der Waals surface area contributed by atoms with Crippen LogP contribution in [0.5, 0.6) is 0 Å². The molecule has 1 unspecified atom stereocenters. The highest BCUT2D eigenvalue weighted by atomic mass is 15.4. The van der Waals surface area contributed by atoms with Gasteiger partial charge in [-0.05, 0) is 18.6 Å². The topological polar surface area (TPSA) is 123 Å². The molecule has 1 saturated heterocycles. The Morgan fingerprint density at radius 3 is 2.90 bits per heavy atom. The summed E-state index contributed by atoms with van der Waals surface area (Å²) < 4.78 is 1.44. The molecule has 0 saturated carbocycles. The molecule has 1 fully saturated rings. The van der Waals surface area contributed by atoms with Crippen molar-refractivity contribution in [3.8, 4) is 11.9 Å². The highest BCUT2D eigenvalue weighted by molar-refractivity contribution is 5.67. The molecular formula is C12H14N8. The zero-order chi connectivity index (χ0) is 14.1. The molecule has 0 aliphatic carbocycles. The molecule has 0 bridgehead atoms. The quantitative estimate of drug-likeness (QED) is 0.764. The second kappa shape index (κ2) is 4.79. The molecule has 20 heavy (non-hydrogen) atoms. The summed E-state index contributed by atoms with van der Waals surface area (Å²) in [6, 6.07) is 5.68. The van der Waals surface area contributed by atoms with E-state index < -0.39 is 0 Å². The molecule has 3 rings (SSSR count). The predicted molar refractivity (Wildman–Crippen MR) is 73.1 cm³/mol. The molecule has 2 aromatic rings. The smallest absolute Gasteiger partial charge is 0.178 e. The van der Waals surface area contributed by atoms with Crippen LogP contribution in [0.4, 0.5) is 11.6 Å². The normalized spacial score (nSPS) is 18.2. The lowest BCUT2D eigenvalue weighted by Crippen LogP contribution is -2.27. The summed E-state index contributed by atoms with van der Waals surface area (Å²) in [7, 11) is 0. The number of nitrogens with zero attached hydrogens (tertiary/aromatic N) is 6. The van der Waals surface area contributed by atoms with Crippen LogP contribution in [0, 0.1) is 11.3 Å². The average molecular weight is 270 g/mol. The van der Waals surface area contributed by atoms with Crippen LogP contribution in [0.15, 0.2) is 18.3 Å². The summed E-state index contributed by atoms with van der Waals surface area (Å²) in [6.45, 7) is 1.44. The molecule has 1 atom stereocenters. The highest BCUT2D eigenvalue weighted by Crippen LogP contribution is 2.28. The Morgan fingerprint density at radius 1 is 1.45 bits per heavy atom. The zero-order valence-electron chi connectivity index (χ0n) is 10.8. The highest BCUT2D eigenvalue weighted by Gasteiger charge is 2.27. The maximum atomic E-state index is 9.31. The summed E-state index contributed by atoms with van der Waals surface area (Å²) >= 11 is 0. The molecule has 3 heterocycles. The first-order chi connectivity index (χ1) is 9.70. The maximum Gasteiger partial charge on any atom is 0.178 e. The minimum absolute atomic E-state index is 0.101. The van der Waals surface area contributed by atoms with Crippen molar-refractivity contribution in [2.45, 2.75) is 12.5 Å². The standard InChI is InChI=1S/C12H14N8/c13-6-9-11(15)20(10-2-1-4-16-17-10)18-12(9)19-5-3-8(14)7-19/h1-2,4,8H,3,5,7,14-15H2. The molecule has 102 valence electrons. The fourth-order valence-corrected chi connectivity index (χ4v) is 2.31. The molecule has 1 aliphatic rings. The van der Waals surface area contributed by atoms with E-state index in [-0.39, 0.29) is 11.9 Å². The van der Waals surface area contributed by atoms with Gasteiger partial charge in [0, 0.05) is 25.3 Å². The Kier molecular flexibility index (Phi) is 2.96. The lowest BCUT2D eigenvalue weighted by molar-refractivity contribution is 0.749. The van der Waals surface area contributed by atoms with Gasteiger partial charge < -0.3 is 16.4 Å². The van der Waals surface area contributed by atoms with Crippen molar-refractivity contribution in [1.29, 1.82) is 5.26 Å². The van der Waals surface area contributed by atoms with Crippen LogP contribution in [-0.2, 0) is 0 Å². The third-order valence-electron chi connectivity index (χ3n) is 3.31. The van der Waals surface area contributed by atoms with Gasteiger partial charge in [0.25, 0.3) is 0 Å². The molecule has 0 aromatic carbocycles. The van der Waals surface area contributed by atoms with Crippen LogP contribution in [0.1, 0.15) is 12.0 Å². The van der Waals surface area contributed by atoms with Gasteiger partial charge in [-0.3, -0.25) is 0 Å². The molecule has 0 spiro atoms. The van der Waals surface area contributed by atoms with Gasteiger partial charge in [0.2, 0.25) is 0 Å². The summed E-state index contributed by atoms with van der Waals surface area (Å²) in [4.78, 5) is 1.98. The Balaban J connectivity index is 2.06. The van der Waals surface area contributed by atoms with Crippen molar-refractivity contribution in [1.82, 2.24) is 20.0 Å². The largest absolute Gasteiger partial charge is 0.382 e. The third kappa shape index (κ3) is 1.94. The molecule has 0 amide bonds. The Labute approximate surface area is 115 Å². The lowest BCUT2D eigenvalue weighted by Gasteiger charge is -2.14. The van der Waals surface area contributed by atoms with Gasteiger partial charge in [-0.15, -0.1) is 10.2 Å². The first kappa shape index (κ1) is 12.4. The van der Waals surface area contributed by atoms with Crippen molar-refractivity contribution in [3.05, 3.63) is 23.9 Å². The van der Waals surface area contributed by atoms with Crippen molar-refractivity contribution in [2.75, 3.05) is 23.7 Å². The van der Waals surface area contributed by atoms with Crippen LogP contribution in [0.2, 0.25) is 0 Å². The van der Waals surface area contributed by atoms with Crippen LogP contribution in [0.3, 0.4) is 0 Å². The third-order valence-corrected chi connectivity index (χ3v) is 3.31. The summed E-state index contributed by atoms with van der Waals surface area (Å²) in [6.07, 6.45) is 2.44. The number of nitriles is 1. The molecule has 8 nitrogen and oxygen atoms in total. The fourth-order valence-electron chi connectivity index (χ4n) is 2.31. The van der Waals surface area contributed by atoms with Crippen LogP contribution in [0.25, 0.3) is 5.82 Å². The number of aromatic nitrogens is 4. The van der Waals surface area contributed by atoms with Crippen molar-refractivity contribution >= 4 is 11.6 Å². The van der Waals surface area contributed by atoms with Crippen LogP contribution < -0.4 is 16.4 Å². The van der Waals surface area contributed by atoms with Gasteiger partial charge in [0.05, 0.1) is 0 Å². The van der Waals surface area contributed by atoms with Gasteiger partial charge in [-0.1, -0.05) is 0 Å². The van der Waals surface area contributed by atoms with E-state index in [9.17, 15) is 5.26 Å². The second-order valence-electron chi connectivity index (χ2n) is 4.68. The number of hydrogen-bond acceptors (Lipinski definition) is 7. The van der Waals surface area contributed by atoms with E-state index >= 15 is 0 Å². The van der Waals surface area contributed by atoms with E-state index in [1.165, 1.54) is 4.68 Å². The van der Waals surface area contributed by atoms with E-state index in [0.29, 0.717) is 23.7 Å². The van der Waals surface area contributed by atoms with Gasteiger partial charge in [-0.2, -0.15) is 15.0 Å². The molecule has 2 aromatic heterocycles. The molecule has 0 radical (unpaired) electrons. The van der Waals surface area contributed by atoms with E-state index in [4.69, 9.17) is 11.5 Å². The minimum atomic E-state index is 0.101. The van der Waals surface area contributed by atoms with Crippen molar-refractivity contribution in [3.63, 3.8) is 0 Å². The van der Waals surface area contributed by atoms with Crippen molar-refractivity contribution in [2.24, 2.45) is 5.73 Å². The first-order valence-electron chi connectivity index (χ1n) is 6.28. The zero-order valence-corrected chi connectivity index (χ0v) is 10.8. The van der Waals surface area contributed by atoms with E-state index in [1.807, 2.05) is 4.90 Å². The van der Waals surface area contributed by atoms with Crippen LogP contribution >= 0.6 is 0 Å². The summed E-state index contributed by atoms with van der Waals surface area (Å²) in [5, 5.41) is 21.5. The number of nitrogen functional groups attached to an aromatic ring is 1. The molecular weight excluding hydrogens is 256 g/mol. The minimum Gasteiger partial charge on any atom is -0.382 e. The van der Waals surface area contributed by atoms with Gasteiger partial charge in [-0.25, -0.2) is 0 Å². The van der Waals surface area contributed by atoms with E-state index in [0.717, 1.165) is 13.0 Å². The lowest BCUT2D eigenvalue weighted by atomic mass is 10.3. The predicted octanol–water partition coefficient (Wildman–Crippen LogP) is -0.346. The monoisotopic (exact) mass is 270 g/mol. The SMILES string of the molecule is N#Cc1c(N2CCC(N)C2)nn(-c2cccnn2)c1N. The number of rotatable bonds is 2. The average Bonchev–Trinajstić information content (AvgIpc) is 3.03. The second-order valence-corrected chi connectivity index (χ2v) is 4.68. The van der Waals surface area contributed by atoms with Crippen molar-refractivity contribution < 1.29 is 0 Å². The number of anilines is 2. The Morgan fingerprint density at radius 2 is 2.30 bits per heavy atom.